The van der Waals surface area contributed by atoms with Crippen LogP contribution in [0.1, 0.15) is 18.0 Å². The quantitative estimate of drug-likeness (QED) is 0.274. The predicted octanol–water partition coefficient (Wildman–Crippen LogP) is 4.22. The molecule has 0 saturated carbocycles. The van der Waals surface area contributed by atoms with Gasteiger partial charge in [0, 0.05) is 49.7 Å². The average molecular weight is 596 g/mol. The number of thiazole rings is 1. The highest BCUT2D eigenvalue weighted by atomic mass is 32.1. The summed E-state index contributed by atoms with van der Waals surface area (Å²) >= 11 is 1.02. The molecular weight excluding hydrogens is 571 g/mol. The van der Waals surface area contributed by atoms with Crippen molar-refractivity contribution in [3.05, 3.63) is 75.9 Å². The first-order valence-corrected chi connectivity index (χ1v) is 14.2. The van der Waals surface area contributed by atoms with Gasteiger partial charge >= 0.3 is 11.3 Å². The fourth-order valence-corrected chi connectivity index (χ4v) is 6.09. The van der Waals surface area contributed by atoms with Crippen LogP contribution in [0.2, 0.25) is 0 Å². The number of nitrogens with zero attached hydrogens (tertiary/aromatic N) is 7. The number of rotatable bonds is 7. The van der Waals surface area contributed by atoms with E-state index in [-0.39, 0.29) is 17.3 Å². The Morgan fingerprint density at radius 3 is 2.40 bits per heavy atom. The molecule has 0 atom stereocenters. The van der Waals surface area contributed by atoms with Crippen LogP contribution in [0.4, 0.5) is 19.0 Å². The third-order valence-electron chi connectivity index (χ3n) is 7.61. The summed E-state index contributed by atoms with van der Waals surface area (Å²) in [4.78, 5) is 26.2. The molecule has 2 aliphatic heterocycles. The molecule has 42 heavy (non-hydrogen) atoms. The predicted molar refractivity (Wildman–Crippen MR) is 149 cm³/mol. The average Bonchev–Trinajstić information content (AvgIpc) is 3.58. The molecule has 4 aromatic heterocycles. The van der Waals surface area contributed by atoms with E-state index in [0.29, 0.717) is 38.6 Å². The first-order chi connectivity index (χ1) is 20.4. The number of ether oxygens (including phenoxy) is 1. The maximum Gasteiger partial charge on any atom is 0.314 e. The largest absolute Gasteiger partial charge is 0.415 e. The van der Waals surface area contributed by atoms with Gasteiger partial charge in [0.2, 0.25) is 5.89 Å². The molecule has 216 valence electrons. The molecule has 10 nitrogen and oxygen atoms in total. The van der Waals surface area contributed by atoms with Crippen molar-refractivity contribution in [2.24, 2.45) is 0 Å². The summed E-state index contributed by atoms with van der Waals surface area (Å²) in [5, 5.41) is 6.92. The van der Waals surface area contributed by atoms with Gasteiger partial charge in [-0.05, 0) is 36.4 Å². The second kappa shape index (κ2) is 10.9. The van der Waals surface area contributed by atoms with E-state index in [9.17, 15) is 13.6 Å². The smallest absolute Gasteiger partial charge is 0.314 e. The molecule has 0 radical (unpaired) electrons. The van der Waals surface area contributed by atoms with Gasteiger partial charge in [0.1, 0.15) is 11.6 Å². The fraction of sp³-hybridized carbons (Fsp3) is 0.321. The Kier molecular flexibility index (Phi) is 6.96. The van der Waals surface area contributed by atoms with Crippen LogP contribution in [0.3, 0.4) is 0 Å². The van der Waals surface area contributed by atoms with Crippen LogP contribution in [0.15, 0.2) is 58.0 Å². The molecular formula is C28H24F3N7O3S. The van der Waals surface area contributed by atoms with Gasteiger partial charge in [0.25, 0.3) is 5.89 Å². The molecule has 14 heteroatoms. The standard InChI is InChI=1S/C28H24F3N7O3S/c29-21-10-22-23(9-20(21)16-2-4-24(33-11-16)37-7-5-36(6-8-37)19-14-40-15-19)42-28(39)38(22)13-18-3-1-17(12-32-18)26-34-35-27(41-26)25(30)31/h1-4,9-12,19,25H,5-8,13-15H2. The van der Waals surface area contributed by atoms with Crippen LogP contribution in [-0.2, 0) is 11.3 Å². The highest BCUT2D eigenvalue weighted by Crippen LogP contribution is 2.31. The molecule has 2 saturated heterocycles. The zero-order chi connectivity index (χ0) is 28.8. The minimum Gasteiger partial charge on any atom is -0.415 e. The van der Waals surface area contributed by atoms with E-state index in [1.807, 2.05) is 12.1 Å². The van der Waals surface area contributed by atoms with Gasteiger partial charge in [0.05, 0.1) is 47.3 Å². The van der Waals surface area contributed by atoms with Gasteiger partial charge in [-0.15, -0.1) is 10.2 Å². The molecule has 7 rings (SSSR count). The van der Waals surface area contributed by atoms with Crippen LogP contribution in [0.25, 0.3) is 32.8 Å². The van der Waals surface area contributed by atoms with Crippen molar-refractivity contribution in [3.63, 3.8) is 0 Å². The lowest BCUT2D eigenvalue weighted by molar-refractivity contribution is -0.0661. The maximum absolute atomic E-state index is 15.4. The van der Waals surface area contributed by atoms with Crippen LogP contribution < -0.4 is 9.77 Å². The molecule has 2 aliphatic rings. The second-order valence-electron chi connectivity index (χ2n) is 10.2. The summed E-state index contributed by atoms with van der Waals surface area (Å²) in [5.41, 5.74) is 2.33. The Labute approximate surface area is 241 Å². The van der Waals surface area contributed by atoms with E-state index in [1.54, 1.807) is 24.4 Å². The van der Waals surface area contributed by atoms with E-state index in [1.165, 1.54) is 16.8 Å². The molecule has 5 aromatic rings. The highest BCUT2D eigenvalue weighted by molar-refractivity contribution is 7.16. The molecule has 6 heterocycles. The first kappa shape index (κ1) is 26.7. The zero-order valence-corrected chi connectivity index (χ0v) is 22.9. The molecule has 2 fully saturated rings. The van der Waals surface area contributed by atoms with Crippen molar-refractivity contribution < 1.29 is 22.3 Å². The molecule has 0 N–H and O–H groups in total. The summed E-state index contributed by atoms with van der Waals surface area (Å²) in [6.45, 7) is 5.37. The number of alkyl halides is 2. The van der Waals surface area contributed by atoms with Gasteiger partial charge in [-0.1, -0.05) is 11.3 Å². The Hall–Kier alpha value is -4.14. The van der Waals surface area contributed by atoms with Crippen LogP contribution in [-0.4, -0.2) is 75.1 Å². The number of piperazine rings is 1. The lowest BCUT2D eigenvalue weighted by Gasteiger charge is -2.42. The Morgan fingerprint density at radius 1 is 0.976 bits per heavy atom. The Morgan fingerprint density at radius 2 is 1.76 bits per heavy atom. The summed E-state index contributed by atoms with van der Waals surface area (Å²) in [6, 6.07) is 10.5. The topological polar surface area (TPSA) is 102 Å². The van der Waals surface area contributed by atoms with Crippen molar-refractivity contribution in [2.45, 2.75) is 19.0 Å². The lowest BCUT2D eigenvalue weighted by Crippen LogP contribution is -2.56. The molecule has 1 aromatic carbocycles. The SMILES string of the molecule is O=c1sc2cc(-c3ccc(N4CCN(C5COC5)CC4)nc3)c(F)cc2n1Cc1ccc(-c2nnc(C(F)F)o2)cn1. The Balaban J connectivity index is 1.07. The van der Waals surface area contributed by atoms with Crippen LogP contribution in [0.5, 0.6) is 0 Å². The normalized spacial score (nSPS) is 16.4. The number of anilines is 1. The molecule has 0 unspecified atom stereocenters. The number of fused-ring (bicyclic) bond motifs is 1. The number of hydrogen-bond donors (Lipinski definition) is 0. The number of aromatic nitrogens is 5. The Bertz CT molecular complexity index is 1780. The van der Waals surface area contributed by atoms with Gasteiger partial charge in [-0.25, -0.2) is 9.37 Å². The maximum atomic E-state index is 15.4. The second-order valence-corrected chi connectivity index (χ2v) is 11.2. The van der Waals surface area contributed by atoms with Gasteiger partial charge in [0.15, 0.2) is 0 Å². The molecule has 0 bridgehead atoms. The number of benzene rings is 1. The van der Waals surface area contributed by atoms with E-state index < -0.39 is 18.1 Å². The van der Waals surface area contributed by atoms with Crippen LogP contribution >= 0.6 is 11.3 Å². The number of halogens is 3. The van der Waals surface area contributed by atoms with Gasteiger partial charge in [-0.2, -0.15) is 8.78 Å². The van der Waals surface area contributed by atoms with Crippen molar-refractivity contribution in [1.29, 1.82) is 0 Å². The summed E-state index contributed by atoms with van der Waals surface area (Å²) in [6.07, 6.45) is 0.203. The highest BCUT2D eigenvalue weighted by Gasteiger charge is 2.29. The minimum absolute atomic E-state index is 0.0818. The third-order valence-corrected chi connectivity index (χ3v) is 8.55. The van der Waals surface area contributed by atoms with E-state index in [2.05, 4.69) is 30.0 Å². The summed E-state index contributed by atoms with van der Waals surface area (Å²) < 4.78 is 53.2. The van der Waals surface area contributed by atoms with Crippen molar-refractivity contribution in [2.75, 3.05) is 44.3 Å². The lowest BCUT2D eigenvalue weighted by atomic mass is 10.1. The van der Waals surface area contributed by atoms with E-state index in [4.69, 9.17) is 9.15 Å². The number of pyridine rings is 2. The third kappa shape index (κ3) is 5.05. The van der Waals surface area contributed by atoms with Gasteiger partial charge < -0.3 is 14.1 Å². The fourth-order valence-electron chi connectivity index (χ4n) is 5.18. The van der Waals surface area contributed by atoms with Gasteiger partial charge in [-0.3, -0.25) is 19.2 Å². The molecule has 0 spiro atoms. The zero-order valence-electron chi connectivity index (χ0n) is 22.1. The minimum atomic E-state index is -2.87. The monoisotopic (exact) mass is 595 g/mol. The summed E-state index contributed by atoms with van der Waals surface area (Å²) in [7, 11) is 0. The van der Waals surface area contributed by atoms with Crippen molar-refractivity contribution in [3.8, 4) is 22.6 Å². The van der Waals surface area contributed by atoms with E-state index >= 15 is 4.39 Å². The van der Waals surface area contributed by atoms with Crippen LogP contribution in [0, 0.1) is 5.82 Å². The number of hydrogen-bond acceptors (Lipinski definition) is 10. The summed E-state index contributed by atoms with van der Waals surface area (Å²) in [5.74, 6) is -0.462. The molecule has 0 amide bonds. The van der Waals surface area contributed by atoms with Crippen molar-refractivity contribution >= 4 is 27.4 Å². The van der Waals surface area contributed by atoms with E-state index in [0.717, 1.165) is 56.5 Å². The molecule has 0 aliphatic carbocycles. The first-order valence-electron chi connectivity index (χ1n) is 13.4. The van der Waals surface area contributed by atoms with Crippen molar-refractivity contribution in [1.82, 2.24) is 29.6 Å².